The van der Waals surface area contributed by atoms with Gasteiger partial charge in [0.1, 0.15) is 0 Å². The zero-order valence-corrected chi connectivity index (χ0v) is 17.8. The lowest BCUT2D eigenvalue weighted by atomic mass is 9.82. The summed E-state index contributed by atoms with van der Waals surface area (Å²) in [6.45, 7) is 3.80. The van der Waals surface area contributed by atoms with Crippen LogP contribution in [-0.2, 0) is 4.79 Å². The monoisotopic (exact) mass is 425 g/mol. The van der Waals surface area contributed by atoms with Gasteiger partial charge in [0.2, 0.25) is 0 Å². The van der Waals surface area contributed by atoms with Crippen molar-refractivity contribution in [1.29, 1.82) is 0 Å². The summed E-state index contributed by atoms with van der Waals surface area (Å²) in [6, 6.07) is 17.1. The molecule has 1 aliphatic rings. The van der Waals surface area contributed by atoms with Gasteiger partial charge in [0.15, 0.2) is 17.3 Å². The van der Waals surface area contributed by atoms with Crippen LogP contribution in [0.2, 0.25) is 0 Å². The highest BCUT2D eigenvalue weighted by Crippen LogP contribution is 2.47. The first-order chi connectivity index (χ1) is 15.3. The van der Waals surface area contributed by atoms with E-state index in [0.29, 0.717) is 11.3 Å². The molecule has 158 valence electrons. The van der Waals surface area contributed by atoms with Gasteiger partial charge in [0, 0.05) is 22.4 Å². The first kappa shape index (κ1) is 21.1. The summed E-state index contributed by atoms with van der Waals surface area (Å²) in [6.07, 6.45) is 0. The van der Waals surface area contributed by atoms with Gasteiger partial charge in [0.25, 0.3) is 5.78 Å². The second-order valence-electron chi connectivity index (χ2n) is 7.56. The number of carbonyl (C=O) groups excluding carboxylic acids is 5. The summed E-state index contributed by atoms with van der Waals surface area (Å²) in [5.74, 6) is -3.17. The van der Waals surface area contributed by atoms with Crippen LogP contribution in [0.1, 0.15) is 62.2 Å². The Morgan fingerprint density at radius 2 is 1.12 bits per heavy atom. The fourth-order valence-electron chi connectivity index (χ4n) is 4.26. The van der Waals surface area contributed by atoms with E-state index in [9.17, 15) is 24.0 Å². The molecule has 32 heavy (non-hydrogen) atoms. The summed E-state index contributed by atoms with van der Waals surface area (Å²) in [5, 5.41) is 0. The number of nitrogens with zero attached hydrogens (tertiary/aromatic N) is 1. The molecule has 0 saturated heterocycles. The fourth-order valence-corrected chi connectivity index (χ4v) is 4.26. The largest absolute Gasteiger partial charge is 0.304 e. The molecular formula is C26H19NO5. The van der Waals surface area contributed by atoms with Gasteiger partial charge in [-0.1, -0.05) is 48.5 Å². The van der Waals surface area contributed by atoms with E-state index in [2.05, 4.69) is 0 Å². The van der Waals surface area contributed by atoms with E-state index in [1.807, 2.05) is 0 Å². The molecule has 0 unspecified atom stereocenters. The predicted molar refractivity (Wildman–Crippen MR) is 120 cm³/mol. The fraction of sp³-hybridized carbons (Fsp3) is 0.115. The number of benzene rings is 3. The molecule has 1 aliphatic heterocycles. The molecule has 6 nitrogen and oxygen atoms in total. The second-order valence-corrected chi connectivity index (χ2v) is 7.56. The van der Waals surface area contributed by atoms with E-state index in [1.54, 1.807) is 60.7 Å². The highest BCUT2D eigenvalue weighted by atomic mass is 16.2. The standard InChI is InChI=1S/C26H19NO5/c1-14(28)19-20(15(2)29)22(17-10-6-4-7-11-17)23-24(21(19)16(3)30)27(26(32)25(23)31)18-12-8-5-9-13-18/h4-13H,1-3H3. The highest BCUT2D eigenvalue weighted by molar-refractivity contribution is 6.56. The lowest BCUT2D eigenvalue weighted by Crippen LogP contribution is -2.26. The minimum absolute atomic E-state index is 0.0243. The van der Waals surface area contributed by atoms with Gasteiger partial charge in [-0.3, -0.25) is 28.9 Å². The highest BCUT2D eigenvalue weighted by Gasteiger charge is 2.45. The Kier molecular flexibility index (Phi) is 5.14. The summed E-state index contributed by atoms with van der Waals surface area (Å²) in [7, 11) is 0. The molecule has 0 aromatic heterocycles. The number of hydrogen-bond acceptors (Lipinski definition) is 5. The molecule has 3 aromatic rings. The van der Waals surface area contributed by atoms with Gasteiger partial charge in [-0.25, -0.2) is 0 Å². The molecule has 0 aliphatic carbocycles. The van der Waals surface area contributed by atoms with Gasteiger partial charge in [0.05, 0.1) is 16.8 Å². The molecule has 0 N–H and O–H groups in total. The number of amides is 1. The van der Waals surface area contributed by atoms with E-state index in [0.717, 1.165) is 4.90 Å². The quantitative estimate of drug-likeness (QED) is 0.432. The lowest BCUT2D eigenvalue weighted by molar-refractivity contribution is -0.113. The van der Waals surface area contributed by atoms with Crippen molar-refractivity contribution >= 4 is 40.4 Å². The molecule has 0 fully saturated rings. The topological polar surface area (TPSA) is 88.6 Å². The minimum Gasteiger partial charge on any atom is -0.294 e. The van der Waals surface area contributed by atoms with Crippen LogP contribution < -0.4 is 4.90 Å². The number of anilines is 2. The van der Waals surface area contributed by atoms with Crippen LogP contribution in [0.3, 0.4) is 0 Å². The van der Waals surface area contributed by atoms with Gasteiger partial charge < -0.3 is 0 Å². The number of hydrogen-bond donors (Lipinski definition) is 0. The normalized spacial score (nSPS) is 12.7. The van der Waals surface area contributed by atoms with Crippen molar-refractivity contribution in [2.75, 3.05) is 4.90 Å². The van der Waals surface area contributed by atoms with Crippen molar-refractivity contribution in [1.82, 2.24) is 0 Å². The number of Topliss-reactive ketones (excluding diaryl/α,β-unsaturated/α-hetero) is 4. The van der Waals surface area contributed by atoms with Crippen LogP contribution in [0, 0.1) is 0 Å². The zero-order valence-electron chi connectivity index (χ0n) is 17.8. The van der Waals surface area contributed by atoms with E-state index in [-0.39, 0.29) is 33.5 Å². The molecule has 0 spiro atoms. The Balaban J connectivity index is 2.28. The third kappa shape index (κ3) is 3.08. The van der Waals surface area contributed by atoms with E-state index < -0.39 is 29.0 Å². The van der Waals surface area contributed by atoms with Crippen LogP contribution in [-0.4, -0.2) is 29.0 Å². The average Bonchev–Trinajstić information content (AvgIpc) is 3.03. The van der Waals surface area contributed by atoms with Gasteiger partial charge in [-0.05, 0) is 38.5 Å². The Labute approximate surface area is 184 Å². The SMILES string of the molecule is CC(=O)c1c(C(C)=O)c(-c2ccccc2)c2c(c1C(C)=O)N(c1ccccc1)C(=O)C2=O. The molecule has 0 saturated carbocycles. The van der Waals surface area contributed by atoms with E-state index in [1.165, 1.54) is 20.8 Å². The molecule has 0 bridgehead atoms. The zero-order chi connectivity index (χ0) is 23.2. The lowest BCUT2D eigenvalue weighted by Gasteiger charge is -2.24. The van der Waals surface area contributed by atoms with Crippen LogP contribution in [0.25, 0.3) is 11.1 Å². The first-order valence-electron chi connectivity index (χ1n) is 10.0. The van der Waals surface area contributed by atoms with Crippen LogP contribution in [0.15, 0.2) is 60.7 Å². The summed E-state index contributed by atoms with van der Waals surface area (Å²) in [4.78, 5) is 66.1. The molecule has 6 heteroatoms. The number of carbonyl (C=O) groups is 5. The molecule has 3 aromatic carbocycles. The average molecular weight is 425 g/mol. The third-order valence-electron chi connectivity index (χ3n) is 5.45. The van der Waals surface area contributed by atoms with Crippen LogP contribution in [0.4, 0.5) is 11.4 Å². The van der Waals surface area contributed by atoms with Crippen molar-refractivity contribution in [2.45, 2.75) is 20.8 Å². The summed E-state index contributed by atoms with van der Waals surface area (Å²) >= 11 is 0. The number of fused-ring (bicyclic) bond motifs is 1. The van der Waals surface area contributed by atoms with Crippen molar-refractivity contribution < 1.29 is 24.0 Å². The number of para-hydroxylation sites is 1. The molecule has 0 atom stereocenters. The Morgan fingerprint density at radius 3 is 1.62 bits per heavy atom. The third-order valence-corrected chi connectivity index (χ3v) is 5.45. The maximum Gasteiger partial charge on any atom is 0.304 e. The molecule has 4 rings (SSSR count). The molecule has 1 heterocycles. The van der Waals surface area contributed by atoms with Gasteiger partial charge >= 0.3 is 5.91 Å². The predicted octanol–water partition coefficient (Wildman–Crippen LogP) is 4.82. The van der Waals surface area contributed by atoms with Crippen LogP contribution in [0.5, 0.6) is 0 Å². The minimum atomic E-state index is -0.846. The van der Waals surface area contributed by atoms with Gasteiger partial charge in [-0.15, -0.1) is 0 Å². The Morgan fingerprint density at radius 1 is 0.625 bits per heavy atom. The molecular weight excluding hydrogens is 406 g/mol. The maximum absolute atomic E-state index is 13.3. The second kappa shape index (κ2) is 7.81. The van der Waals surface area contributed by atoms with E-state index in [4.69, 9.17) is 0 Å². The number of rotatable bonds is 5. The van der Waals surface area contributed by atoms with E-state index >= 15 is 0 Å². The van der Waals surface area contributed by atoms with Gasteiger partial charge in [-0.2, -0.15) is 0 Å². The van der Waals surface area contributed by atoms with Crippen LogP contribution >= 0.6 is 0 Å². The van der Waals surface area contributed by atoms with Crippen molar-refractivity contribution in [3.8, 4) is 11.1 Å². The smallest absolute Gasteiger partial charge is 0.294 e. The molecule has 0 radical (unpaired) electrons. The summed E-state index contributed by atoms with van der Waals surface area (Å²) in [5.41, 5.74) is 0.896. The Bertz CT molecular complexity index is 1320. The van der Waals surface area contributed by atoms with Crippen molar-refractivity contribution in [2.24, 2.45) is 0 Å². The maximum atomic E-state index is 13.3. The van der Waals surface area contributed by atoms with Crippen molar-refractivity contribution in [3.63, 3.8) is 0 Å². The number of ketones is 4. The molecule has 1 amide bonds. The van der Waals surface area contributed by atoms with Crippen molar-refractivity contribution in [3.05, 3.63) is 82.9 Å². The first-order valence-corrected chi connectivity index (χ1v) is 10.0. The summed E-state index contributed by atoms with van der Waals surface area (Å²) < 4.78 is 0. The Hall–Kier alpha value is -4.19.